The lowest BCUT2D eigenvalue weighted by Crippen LogP contribution is -2.44. The van der Waals surface area contributed by atoms with Crippen LogP contribution >= 0.6 is 0 Å². The summed E-state index contributed by atoms with van der Waals surface area (Å²) in [5, 5.41) is 8.68. The first-order chi connectivity index (χ1) is 10.1. The molecule has 1 fully saturated rings. The molecule has 0 aliphatic carbocycles. The fraction of sp³-hybridized carbons (Fsp3) is 0.529. The average Bonchev–Trinajstić information content (AvgIpc) is 2.48. The van der Waals surface area contributed by atoms with E-state index in [0.29, 0.717) is 18.0 Å². The Morgan fingerprint density at radius 3 is 2.90 bits per heavy atom. The fourth-order valence-electron chi connectivity index (χ4n) is 2.67. The number of likely N-dealkylation sites (tertiary alicyclic amines) is 1. The van der Waals surface area contributed by atoms with E-state index in [9.17, 15) is 4.79 Å². The van der Waals surface area contributed by atoms with Crippen LogP contribution in [0.25, 0.3) is 0 Å². The summed E-state index contributed by atoms with van der Waals surface area (Å²) in [5.74, 6) is 6.43. The molecule has 4 heteroatoms. The molecule has 112 valence electrons. The predicted octanol–water partition coefficient (Wildman–Crippen LogP) is 2.08. The van der Waals surface area contributed by atoms with Crippen LogP contribution in [0.2, 0.25) is 0 Å². The van der Waals surface area contributed by atoms with Crippen LogP contribution in [0.3, 0.4) is 0 Å². The maximum Gasteiger partial charge on any atom is 0.272 e. The molecule has 1 amide bonds. The third kappa shape index (κ3) is 4.05. The van der Waals surface area contributed by atoms with Crippen molar-refractivity contribution in [1.82, 2.24) is 9.88 Å². The molecule has 2 rings (SSSR count). The van der Waals surface area contributed by atoms with Crippen LogP contribution in [0.1, 0.15) is 49.2 Å². The Morgan fingerprint density at radius 2 is 2.29 bits per heavy atom. The zero-order valence-electron chi connectivity index (χ0n) is 12.7. The number of hydrogen-bond donors (Lipinski definition) is 1. The third-order valence-electron chi connectivity index (χ3n) is 3.85. The molecule has 2 heterocycles. The van der Waals surface area contributed by atoms with Gasteiger partial charge in [0.2, 0.25) is 0 Å². The van der Waals surface area contributed by atoms with E-state index in [-0.39, 0.29) is 18.6 Å². The van der Waals surface area contributed by atoms with E-state index < -0.39 is 0 Å². The molecule has 2 atom stereocenters. The quantitative estimate of drug-likeness (QED) is 0.847. The van der Waals surface area contributed by atoms with Gasteiger partial charge in [0, 0.05) is 30.8 Å². The first-order valence-corrected chi connectivity index (χ1v) is 7.48. The van der Waals surface area contributed by atoms with Gasteiger partial charge < -0.3 is 10.0 Å². The van der Waals surface area contributed by atoms with Gasteiger partial charge in [0.1, 0.15) is 5.69 Å². The van der Waals surface area contributed by atoms with E-state index in [1.807, 2.05) is 11.0 Å². The first-order valence-electron chi connectivity index (χ1n) is 7.48. The molecule has 1 N–H and O–H groups in total. The second-order valence-corrected chi connectivity index (χ2v) is 5.68. The Labute approximate surface area is 126 Å². The van der Waals surface area contributed by atoms with Gasteiger partial charge in [-0.2, -0.15) is 0 Å². The molecule has 0 bridgehead atoms. The van der Waals surface area contributed by atoms with E-state index in [0.717, 1.165) is 24.9 Å². The van der Waals surface area contributed by atoms with Crippen molar-refractivity contribution < 1.29 is 9.90 Å². The zero-order valence-corrected chi connectivity index (χ0v) is 12.7. The van der Waals surface area contributed by atoms with Gasteiger partial charge in [-0.1, -0.05) is 18.8 Å². The summed E-state index contributed by atoms with van der Waals surface area (Å²) in [6.45, 7) is 5.20. The van der Waals surface area contributed by atoms with Crippen LogP contribution in [0.4, 0.5) is 0 Å². The highest BCUT2D eigenvalue weighted by Gasteiger charge is 2.27. The maximum atomic E-state index is 12.5. The number of carbonyl (C=O) groups excluding carboxylic acids is 1. The Morgan fingerprint density at radius 1 is 1.48 bits per heavy atom. The molecule has 1 saturated heterocycles. The lowest BCUT2D eigenvalue weighted by Gasteiger charge is -2.36. The standard InChI is InChI=1S/C17H22N2O2/c1-13-8-9-19(14(2)11-13)17(21)16-7-6-15(12-18-16)5-3-4-10-20/h6-7,12-14,20H,4,8-11H2,1-2H3. The number of aromatic nitrogens is 1. The summed E-state index contributed by atoms with van der Waals surface area (Å²) in [4.78, 5) is 18.6. The van der Waals surface area contributed by atoms with E-state index in [2.05, 4.69) is 30.7 Å². The first kappa shape index (κ1) is 15.5. The summed E-state index contributed by atoms with van der Waals surface area (Å²) >= 11 is 0. The highest BCUT2D eigenvalue weighted by Crippen LogP contribution is 2.23. The summed E-state index contributed by atoms with van der Waals surface area (Å²) < 4.78 is 0. The number of rotatable bonds is 2. The highest BCUT2D eigenvalue weighted by molar-refractivity contribution is 5.92. The van der Waals surface area contributed by atoms with Gasteiger partial charge in [-0.25, -0.2) is 4.98 Å². The third-order valence-corrected chi connectivity index (χ3v) is 3.85. The molecule has 0 spiro atoms. The van der Waals surface area contributed by atoms with Gasteiger partial charge in [0.05, 0.1) is 6.61 Å². The van der Waals surface area contributed by atoms with Crippen LogP contribution in [-0.2, 0) is 0 Å². The molecule has 0 aromatic carbocycles. The molecule has 1 aliphatic heterocycles. The SMILES string of the molecule is CC1CCN(C(=O)c2ccc(C#CCCO)cn2)C(C)C1. The number of carbonyl (C=O) groups is 1. The Bertz CT molecular complexity index is 542. The molecule has 1 aromatic rings. The minimum absolute atomic E-state index is 0.00395. The van der Waals surface area contributed by atoms with E-state index >= 15 is 0 Å². The molecule has 2 unspecified atom stereocenters. The Hall–Kier alpha value is -1.86. The van der Waals surface area contributed by atoms with Crippen molar-refractivity contribution in [3.63, 3.8) is 0 Å². The topological polar surface area (TPSA) is 53.4 Å². The predicted molar refractivity (Wildman–Crippen MR) is 81.7 cm³/mol. The number of pyridine rings is 1. The number of amides is 1. The number of piperidine rings is 1. The van der Waals surface area contributed by atoms with E-state index in [1.54, 1.807) is 12.3 Å². The second kappa shape index (κ2) is 7.24. The number of hydrogen-bond acceptors (Lipinski definition) is 3. The monoisotopic (exact) mass is 286 g/mol. The summed E-state index contributed by atoms with van der Waals surface area (Å²) in [5.41, 5.74) is 1.24. The van der Waals surface area contributed by atoms with Crippen LogP contribution in [0.5, 0.6) is 0 Å². The largest absolute Gasteiger partial charge is 0.395 e. The molecule has 4 nitrogen and oxygen atoms in total. The van der Waals surface area contributed by atoms with E-state index in [1.165, 1.54) is 0 Å². The van der Waals surface area contributed by atoms with Crippen molar-refractivity contribution in [2.24, 2.45) is 5.92 Å². The van der Waals surface area contributed by atoms with Gasteiger partial charge in [0.15, 0.2) is 0 Å². The maximum absolute atomic E-state index is 12.5. The van der Waals surface area contributed by atoms with Crippen molar-refractivity contribution in [2.45, 2.75) is 39.2 Å². The van der Waals surface area contributed by atoms with Gasteiger partial charge in [0.25, 0.3) is 5.91 Å². The lowest BCUT2D eigenvalue weighted by atomic mass is 9.93. The molecular weight excluding hydrogens is 264 g/mol. The van der Waals surface area contributed by atoms with Crippen molar-refractivity contribution >= 4 is 5.91 Å². The van der Waals surface area contributed by atoms with Crippen molar-refractivity contribution in [3.8, 4) is 11.8 Å². The lowest BCUT2D eigenvalue weighted by molar-refractivity contribution is 0.0582. The van der Waals surface area contributed by atoms with Gasteiger partial charge in [-0.05, 0) is 37.8 Å². The molecule has 21 heavy (non-hydrogen) atoms. The fourth-order valence-corrected chi connectivity index (χ4v) is 2.67. The Kier molecular flexibility index (Phi) is 5.35. The summed E-state index contributed by atoms with van der Waals surface area (Å²) in [7, 11) is 0. The van der Waals surface area contributed by atoms with Crippen molar-refractivity contribution in [3.05, 3.63) is 29.6 Å². The highest BCUT2D eigenvalue weighted by atomic mass is 16.2. The number of aliphatic hydroxyl groups excluding tert-OH is 1. The van der Waals surface area contributed by atoms with Crippen molar-refractivity contribution in [1.29, 1.82) is 0 Å². The molecule has 0 saturated carbocycles. The molecule has 1 aliphatic rings. The summed E-state index contributed by atoms with van der Waals surface area (Å²) in [6.07, 6.45) is 4.18. The number of nitrogens with zero attached hydrogens (tertiary/aromatic N) is 2. The van der Waals surface area contributed by atoms with Crippen LogP contribution < -0.4 is 0 Å². The summed E-state index contributed by atoms with van der Waals surface area (Å²) in [6, 6.07) is 3.81. The minimum atomic E-state index is 0.00395. The van der Waals surface area contributed by atoms with Crippen LogP contribution in [-0.4, -0.2) is 40.1 Å². The Balaban J connectivity index is 2.05. The normalized spacial score (nSPS) is 21.6. The van der Waals surface area contributed by atoms with Crippen molar-refractivity contribution in [2.75, 3.05) is 13.2 Å². The molecule has 1 aromatic heterocycles. The number of aliphatic hydroxyl groups is 1. The van der Waals surface area contributed by atoms with E-state index in [4.69, 9.17) is 5.11 Å². The van der Waals surface area contributed by atoms with Crippen LogP contribution in [0.15, 0.2) is 18.3 Å². The smallest absolute Gasteiger partial charge is 0.272 e. The molecular formula is C17H22N2O2. The second-order valence-electron chi connectivity index (χ2n) is 5.68. The van der Waals surface area contributed by atoms with Gasteiger partial charge in [-0.3, -0.25) is 4.79 Å². The van der Waals surface area contributed by atoms with Crippen LogP contribution in [0, 0.1) is 17.8 Å². The molecule has 0 radical (unpaired) electrons. The van der Waals surface area contributed by atoms with Gasteiger partial charge >= 0.3 is 0 Å². The minimum Gasteiger partial charge on any atom is -0.395 e. The van der Waals surface area contributed by atoms with Gasteiger partial charge in [-0.15, -0.1) is 0 Å². The average molecular weight is 286 g/mol. The zero-order chi connectivity index (χ0) is 15.2.